The van der Waals surface area contributed by atoms with Crippen molar-refractivity contribution in [2.75, 3.05) is 5.75 Å². The number of aryl methyl sites for hydroxylation is 1. The Hall–Kier alpha value is -0.830. The van der Waals surface area contributed by atoms with E-state index in [1.165, 1.54) is 0 Å². The summed E-state index contributed by atoms with van der Waals surface area (Å²) in [4.78, 5) is 8.12. The van der Waals surface area contributed by atoms with Crippen LogP contribution in [0.1, 0.15) is 46.0 Å². The zero-order valence-corrected chi connectivity index (χ0v) is 12.1. The topological polar surface area (TPSA) is 25.8 Å². The van der Waals surface area contributed by atoms with E-state index in [1.807, 2.05) is 46.8 Å². The van der Waals surface area contributed by atoms with Gasteiger partial charge in [0.1, 0.15) is 6.33 Å². The van der Waals surface area contributed by atoms with Crippen molar-refractivity contribution < 1.29 is 0 Å². The van der Waals surface area contributed by atoms with Gasteiger partial charge in [-0.1, -0.05) is 34.6 Å². The molecule has 0 aliphatic carbocycles. The van der Waals surface area contributed by atoms with E-state index in [4.69, 9.17) is 0 Å². The molecule has 0 aliphatic rings. The van der Waals surface area contributed by atoms with Gasteiger partial charge in [0, 0.05) is 5.69 Å². The molecule has 0 unspecified atom stereocenters. The van der Waals surface area contributed by atoms with Gasteiger partial charge < -0.3 is 0 Å². The number of hydrogen-bond donors (Lipinski definition) is 0. The number of nitrogens with zero attached hydrogens (tertiary/aromatic N) is 2. The van der Waals surface area contributed by atoms with E-state index in [0.717, 1.165) is 17.1 Å². The fraction of sp³-hybridized carbons (Fsp3) is 0.538. The molecule has 2 nitrogen and oxygen atoms in total. The van der Waals surface area contributed by atoms with Crippen molar-refractivity contribution >= 4 is 17.8 Å². The van der Waals surface area contributed by atoms with Crippen LogP contribution >= 0.6 is 11.8 Å². The quantitative estimate of drug-likeness (QED) is 0.774. The van der Waals surface area contributed by atoms with E-state index in [0.29, 0.717) is 0 Å². The van der Waals surface area contributed by atoms with Crippen molar-refractivity contribution in [3.05, 3.63) is 29.2 Å². The molecule has 0 fully saturated rings. The lowest BCUT2D eigenvalue weighted by atomic mass is 10.3. The fourth-order valence-corrected chi connectivity index (χ4v) is 1.21. The van der Waals surface area contributed by atoms with Crippen LogP contribution in [0, 0.1) is 6.92 Å². The molecule has 0 saturated heterocycles. The highest BCUT2D eigenvalue weighted by Gasteiger charge is 1.88. The molecule has 0 bridgehead atoms. The Morgan fingerprint density at radius 2 is 1.81 bits per heavy atom. The van der Waals surface area contributed by atoms with Crippen LogP contribution in [0.4, 0.5) is 0 Å². The predicted molar refractivity (Wildman–Crippen MR) is 76.6 cm³/mol. The van der Waals surface area contributed by atoms with Crippen molar-refractivity contribution in [1.82, 2.24) is 9.97 Å². The van der Waals surface area contributed by atoms with Gasteiger partial charge in [0.2, 0.25) is 0 Å². The van der Waals surface area contributed by atoms with Gasteiger partial charge in [-0.15, -0.1) is 11.8 Å². The lowest BCUT2D eigenvalue weighted by molar-refractivity contribution is 1.09. The smallest absolute Gasteiger partial charge is 0.116 e. The molecule has 1 aromatic heterocycles. The number of hydrogen-bond acceptors (Lipinski definition) is 3. The molecule has 0 N–H and O–H groups in total. The summed E-state index contributed by atoms with van der Waals surface area (Å²) in [5.41, 5.74) is 1.98. The van der Waals surface area contributed by atoms with Crippen molar-refractivity contribution in [2.45, 2.75) is 41.5 Å². The molecule has 0 aromatic carbocycles. The van der Waals surface area contributed by atoms with Crippen LogP contribution in [0.5, 0.6) is 0 Å². The van der Waals surface area contributed by atoms with E-state index in [1.54, 1.807) is 18.1 Å². The number of rotatable bonds is 3. The third-order valence-electron chi connectivity index (χ3n) is 1.33. The molecule has 0 saturated carbocycles. The molecule has 3 heteroatoms. The molecule has 0 aliphatic heterocycles. The summed E-state index contributed by atoms with van der Waals surface area (Å²) in [6.45, 7) is 12.1. The minimum Gasteiger partial charge on any atom is -0.242 e. The fourth-order valence-electron chi connectivity index (χ4n) is 0.780. The van der Waals surface area contributed by atoms with E-state index in [-0.39, 0.29) is 0 Å². The molecule has 0 radical (unpaired) electrons. The van der Waals surface area contributed by atoms with Crippen LogP contribution in [0.3, 0.4) is 0 Å². The molecule has 1 aromatic rings. The van der Waals surface area contributed by atoms with Gasteiger partial charge in [0.05, 0.1) is 5.69 Å². The van der Waals surface area contributed by atoms with Crippen LogP contribution < -0.4 is 0 Å². The molecule has 0 atom stereocenters. The average molecular weight is 240 g/mol. The Kier molecular flexibility index (Phi) is 15.6. The van der Waals surface area contributed by atoms with E-state index >= 15 is 0 Å². The van der Waals surface area contributed by atoms with Gasteiger partial charge in [0.25, 0.3) is 0 Å². The van der Waals surface area contributed by atoms with Crippen molar-refractivity contribution in [3.63, 3.8) is 0 Å². The van der Waals surface area contributed by atoms with Crippen LogP contribution in [0.25, 0.3) is 6.08 Å². The van der Waals surface area contributed by atoms with Gasteiger partial charge in [0.15, 0.2) is 0 Å². The number of thioether (sulfide) groups is 1. The monoisotopic (exact) mass is 240 g/mol. The van der Waals surface area contributed by atoms with Crippen molar-refractivity contribution in [1.29, 1.82) is 0 Å². The van der Waals surface area contributed by atoms with Crippen LogP contribution in [0.2, 0.25) is 0 Å². The largest absolute Gasteiger partial charge is 0.242 e. The lowest BCUT2D eigenvalue weighted by Crippen LogP contribution is -1.85. The van der Waals surface area contributed by atoms with Gasteiger partial charge >= 0.3 is 0 Å². The zero-order valence-electron chi connectivity index (χ0n) is 11.3. The molecule has 1 heterocycles. The molecular weight excluding hydrogens is 216 g/mol. The Balaban J connectivity index is 0. The first-order chi connectivity index (χ1) is 7.83. The van der Waals surface area contributed by atoms with Gasteiger partial charge in [-0.05, 0) is 30.2 Å². The Bertz CT molecular complexity index is 272. The Morgan fingerprint density at radius 1 is 1.19 bits per heavy atom. The highest BCUT2D eigenvalue weighted by atomic mass is 32.2. The third-order valence-corrected chi connectivity index (χ3v) is 1.99. The van der Waals surface area contributed by atoms with Crippen LogP contribution in [-0.2, 0) is 0 Å². The molecular formula is C13H24N2S. The Labute approximate surface area is 105 Å². The number of aromatic nitrogens is 2. The molecule has 92 valence electrons. The molecule has 16 heavy (non-hydrogen) atoms. The third kappa shape index (κ3) is 9.71. The SMILES string of the molecule is CC.CC.CCS/C=C/c1cc(C)ncn1. The van der Waals surface area contributed by atoms with E-state index < -0.39 is 0 Å². The predicted octanol–water partition coefficient (Wildman–Crippen LogP) is 4.56. The first kappa shape index (κ1) is 17.6. The van der Waals surface area contributed by atoms with Crippen molar-refractivity contribution in [3.8, 4) is 0 Å². The normalized spacial score (nSPS) is 8.88. The standard InChI is InChI=1S/C9H12N2S.2C2H6/c1-3-12-5-4-9-6-8(2)10-7-11-9;2*1-2/h4-7H,3H2,1-2H3;2*1-2H3/b5-4+;;. The molecule has 0 amide bonds. The molecule has 0 spiro atoms. The second-order valence-corrected chi connectivity index (χ2v) is 3.53. The Morgan fingerprint density at radius 3 is 2.31 bits per heavy atom. The van der Waals surface area contributed by atoms with E-state index in [9.17, 15) is 0 Å². The zero-order chi connectivity index (χ0) is 12.8. The summed E-state index contributed by atoms with van der Waals surface area (Å²) < 4.78 is 0. The van der Waals surface area contributed by atoms with E-state index in [2.05, 4.69) is 22.3 Å². The highest BCUT2D eigenvalue weighted by Crippen LogP contribution is 2.05. The second-order valence-electron chi connectivity index (χ2n) is 2.34. The minimum absolute atomic E-state index is 0.975. The summed E-state index contributed by atoms with van der Waals surface area (Å²) in [6.07, 6.45) is 3.59. The van der Waals surface area contributed by atoms with Crippen molar-refractivity contribution in [2.24, 2.45) is 0 Å². The summed E-state index contributed by atoms with van der Waals surface area (Å²) in [6, 6.07) is 1.96. The summed E-state index contributed by atoms with van der Waals surface area (Å²) in [5, 5.41) is 2.06. The first-order valence-corrected chi connectivity index (χ1v) is 6.94. The van der Waals surface area contributed by atoms with Crippen LogP contribution in [0.15, 0.2) is 17.8 Å². The summed E-state index contributed by atoms with van der Waals surface area (Å²) in [5.74, 6) is 1.10. The summed E-state index contributed by atoms with van der Waals surface area (Å²) >= 11 is 1.77. The summed E-state index contributed by atoms with van der Waals surface area (Å²) in [7, 11) is 0. The lowest BCUT2D eigenvalue weighted by Gasteiger charge is -1.92. The maximum Gasteiger partial charge on any atom is 0.116 e. The van der Waals surface area contributed by atoms with Gasteiger partial charge in [-0.3, -0.25) is 0 Å². The highest BCUT2D eigenvalue weighted by molar-refractivity contribution is 8.02. The maximum absolute atomic E-state index is 4.10. The van der Waals surface area contributed by atoms with Gasteiger partial charge in [-0.25, -0.2) is 9.97 Å². The van der Waals surface area contributed by atoms with Crippen LogP contribution in [-0.4, -0.2) is 15.7 Å². The maximum atomic E-state index is 4.10. The molecule has 1 rings (SSSR count). The first-order valence-electron chi connectivity index (χ1n) is 5.89. The second kappa shape index (κ2) is 14.2. The van der Waals surface area contributed by atoms with Gasteiger partial charge in [-0.2, -0.15) is 0 Å². The average Bonchev–Trinajstić information content (AvgIpc) is 2.35. The minimum atomic E-state index is 0.975.